The van der Waals surface area contributed by atoms with Gasteiger partial charge in [-0.2, -0.15) is 5.10 Å². The van der Waals surface area contributed by atoms with Gasteiger partial charge in [0.1, 0.15) is 0 Å². The van der Waals surface area contributed by atoms with Crippen LogP contribution in [0.25, 0.3) is 0 Å². The van der Waals surface area contributed by atoms with Gasteiger partial charge < -0.3 is 4.90 Å². The Bertz CT molecular complexity index is 1160. The quantitative estimate of drug-likeness (QED) is 0.535. The standard InChI is InChI=1S/C25H30N4O3S/c1-27(33(31,32)20-21-9-3-2-4-10-21)23-12-7-16-28(18-14-23)25(30)24-13-6-5-11-22(24)19-29-17-8-15-26-29/h2-6,8-11,13,15,17,23H,7,12,14,16,18-20H2,1H3/t23-/m1/s1. The number of sulfonamides is 1. The van der Waals surface area contributed by atoms with Gasteiger partial charge in [-0.15, -0.1) is 0 Å². The lowest BCUT2D eigenvalue weighted by molar-refractivity contribution is 0.0758. The summed E-state index contributed by atoms with van der Waals surface area (Å²) in [4.78, 5) is 15.2. The maximum atomic E-state index is 13.4. The highest BCUT2D eigenvalue weighted by atomic mass is 32.2. The number of carbonyl (C=O) groups excluding carboxylic acids is 1. The fourth-order valence-electron chi connectivity index (χ4n) is 4.36. The molecule has 0 radical (unpaired) electrons. The van der Waals surface area contributed by atoms with Gasteiger partial charge in [0.2, 0.25) is 10.0 Å². The maximum absolute atomic E-state index is 13.4. The van der Waals surface area contributed by atoms with Crippen molar-refractivity contribution in [2.45, 2.75) is 37.6 Å². The molecule has 1 fully saturated rings. The van der Waals surface area contributed by atoms with Crippen molar-refractivity contribution in [2.75, 3.05) is 20.1 Å². The molecule has 0 aliphatic carbocycles. The summed E-state index contributed by atoms with van der Waals surface area (Å²) in [6.07, 6.45) is 5.73. The molecule has 1 aliphatic rings. The molecule has 2 heterocycles. The van der Waals surface area contributed by atoms with Crippen molar-refractivity contribution in [3.8, 4) is 0 Å². The molecule has 3 aromatic rings. The van der Waals surface area contributed by atoms with Crippen molar-refractivity contribution >= 4 is 15.9 Å². The molecule has 8 heteroatoms. The van der Waals surface area contributed by atoms with Gasteiger partial charge in [-0.1, -0.05) is 48.5 Å². The summed E-state index contributed by atoms with van der Waals surface area (Å²) in [7, 11) is -1.77. The minimum atomic E-state index is -3.43. The second-order valence-corrected chi connectivity index (χ2v) is 10.5. The number of carbonyl (C=O) groups is 1. The number of nitrogens with zero attached hydrogens (tertiary/aromatic N) is 4. The first-order valence-electron chi connectivity index (χ1n) is 11.3. The Hall–Kier alpha value is -2.97. The van der Waals surface area contributed by atoms with Crippen LogP contribution in [0.5, 0.6) is 0 Å². The Morgan fingerprint density at radius 2 is 1.79 bits per heavy atom. The lowest BCUT2D eigenvalue weighted by Gasteiger charge is -2.27. The van der Waals surface area contributed by atoms with Gasteiger partial charge in [0.15, 0.2) is 0 Å². The number of hydrogen-bond acceptors (Lipinski definition) is 4. The van der Waals surface area contributed by atoms with Crippen molar-refractivity contribution in [2.24, 2.45) is 0 Å². The van der Waals surface area contributed by atoms with E-state index in [2.05, 4.69) is 5.10 Å². The van der Waals surface area contributed by atoms with Crippen LogP contribution >= 0.6 is 0 Å². The number of likely N-dealkylation sites (tertiary alicyclic amines) is 1. The zero-order chi connectivity index (χ0) is 23.3. The average molecular weight is 467 g/mol. The fraction of sp³-hybridized carbons (Fsp3) is 0.360. The van der Waals surface area contributed by atoms with E-state index in [4.69, 9.17) is 0 Å². The van der Waals surface area contributed by atoms with E-state index in [-0.39, 0.29) is 17.7 Å². The summed E-state index contributed by atoms with van der Waals surface area (Å²) in [5.41, 5.74) is 2.38. The molecule has 174 valence electrons. The van der Waals surface area contributed by atoms with E-state index in [9.17, 15) is 13.2 Å². The Labute approximate surface area is 195 Å². The van der Waals surface area contributed by atoms with Crippen LogP contribution in [0.4, 0.5) is 0 Å². The third-order valence-electron chi connectivity index (χ3n) is 6.27. The molecule has 33 heavy (non-hydrogen) atoms. The van der Waals surface area contributed by atoms with Crippen LogP contribution in [0.2, 0.25) is 0 Å². The SMILES string of the molecule is CN([C@@H]1CCCN(C(=O)c2ccccc2Cn2cccn2)CC1)S(=O)(=O)Cc1ccccc1. The van der Waals surface area contributed by atoms with Crippen molar-refractivity contribution in [3.05, 3.63) is 89.7 Å². The Morgan fingerprint density at radius 1 is 1.03 bits per heavy atom. The van der Waals surface area contributed by atoms with E-state index in [1.165, 1.54) is 4.31 Å². The summed E-state index contributed by atoms with van der Waals surface area (Å²) < 4.78 is 29.3. The van der Waals surface area contributed by atoms with Crippen LogP contribution in [-0.4, -0.2) is 59.5 Å². The summed E-state index contributed by atoms with van der Waals surface area (Å²) >= 11 is 0. The van der Waals surface area contributed by atoms with Crippen molar-refractivity contribution in [3.63, 3.8) is 0 Å². The molecule has 1 aliphatic heterocycles. The Balaban J connectivity index is 1.42. The number of aromatic nitrogens is 2. The molecule has 4 rings (SSSR count). The van der Waals surface area contributed by atoms with Gasteiger partial charge in [-0.25, -0.2) is 12.7 Å². The van der Waals surface area contributed by atoms with E-state index in [1.807, 2.05) is 71.8 Å². The highest BCUT2D eigenvalue weighted by molar-refractivity contribution is 7.88. The van der Waals surface area contributed by atoms with E-state index in [0.29, 0.717) is 31.6 Å². The molecule has 0 spiro atoms. The van der Waals surface area contributed by atoms with E-state index < -0.39 is 10.0 Å². The summed E-state index contributed by atoms with van der Waals surface area (Å²) in [6, 6.07) is 18.6. The van der Waals surface area contributed by atoms with Crippen LogP contribution in [0.15, 0.2) is 73.1 Å². The van der Waals surface area contributed by atoms with Crippen LogP contribution in [0.1, 0.15) is 40.7 Å². The third-order valence-corrected chi connectivity index (χ3v) is 8.14. The molecule has 1 aromatic heterocycles. The summed E-state index contributed by atoms with van der Waals surface area (Å²) in [5, 5.41) is 4.25. The number of benzene rings is 2. The molecule has 0 unspecified atom stereocenters. The van der Waals surface area contributed by atoms with Crippen LogP contribution in [-0.2, 0) is 22.3 Å². The second kappa shape index (κ2) is 10.3. The van der Waals surface area contributed by atoms with E-state index >= 15 is 0 Å². The van der Waals surface area contributed by atoms with Crippen molar-refractivity contribution < 1.29 is 13.2 Å². The maximum Gasteiger partial charge on any atom is 0.254 e. The monoisotopic (exact) mass is 466 g/mol. The van der Waals surface area contributed by atoms with Crippen LogP contribution in [0.3, 0.4) is 0 Å². The predicted molar refractivity (Wildman–Crippen MR) is 128 cm³/mol. The first-order valence-corrected chi connectivity index (χ1v) is 12.9. The van der Waals surface area contributed by atoms with E-state index in [0.717, 1.165) is 24.0 Å². The molecule has 0 N–H and O–H groups in total. The number of rotatable bonds is 7. The molecule has 1 amide bonds. The molecule has 0 saturated carbocycles. The zero-order valence-corrected chi connectivity index (χ0v) is 19.7. The van der Waals surface area contributed by atoms with Gasteiger partial charge >= 0.3 is 0 Å². The second-order valence-electron chi connectivity index (χ2n) is 8.50. The highest BCUT2D eigenvalue weighted by Gasteiger charge is 2.30. The number of hydrogen-bond donors (Lipinski definition) is 0. The van der Waals surface area contributed by atoms with Crippen LogP contribution in [0, 0.1) is 0 Å². The first-order chi connectivity index (χ1) is 15.9. The molecule has 0 bridgehead atoms. The fourth-order valence-corrected chi connectivity index (χ4v) is 5.85. The van der Waals surface area contributed by atoms with Gasteiger partial charge in [0.05, 0.1) is 12.3 Å². The van der Waals surface area contributed by atoms with Gasteiger partial charge in [0, 0.05) is 44.1 Å². The molecular weight excluding hydrogens is 436 g/mol. The molecular formula is C25H30N4O3S. The minimum absolute atomic E-state index is 0.00629. The van der Waals surface area contributed by atoms with E-state index in [1.54, 1.807) is 17.9 Å². The van der Waals surface area contributed by atoms with Crippen molar-refractivity contribution in [1.82, 2.24) is 19.0 Å². The smallest absolute Gasteiger partial charge is 0.254 e. The largest absolute Gasteiger partial charge is 0.339 e. The topological polar surface area (TPSA) is 75.5 Å². The Morgan fingerprint density at radius 3 is 2.55 bits per heavy atom. The van der Waals surface area contributed by atoms with Crippen molar-refractivity contribution in [1.29, 1.82) is 0 Å². The zero-order valence-electron chi connectivity index (χ0n) is 18.9. The molecule has 1 saturated heterocycles. The average Bonchev–Trinajstić information content (AvgIpc) is 3.20. The van der Waals surface area contributed by atoms with Crippen LogP contribution < -0.4 is 0 Å². The summed E-state index contributed by atoms with van der Waals surface area (Å²) in [6.45, 7) is 1.69. The third kappa shape index (κ3) is 5.69. The van der Waals surface area contributed by atoms with Gasteiger partial charge in [-0.05, 0) is 42.5 Å². The minimum Gasteiger partial charge on any atom is -0.339 e. The molecule has 2 aromatic carbocycles. The Kier molecular flexibility index (Phi) is 7.25. The normalized spacial score (nSPS) is 17.2. The van der Waals surface area contributed by atoms with Gasteiger partial charge in [0.25, 0.3) is 5.91 Å². The first kappa shape index (κ1) is 23.2. The molecule has 1 atom stereocenters. The number of amides is 1. The summed E-state index contributed by atoms with van der Waals surface area (Å²) in [5.74, 6) is -0.0159. The molecule has 7 nitrogen and oxygen atoms in total. The predicted octanol–water partition coefficient (Wildman–Crippen LogP) is 3.39. The lowest BCUT2D eigenvalue weighted by atomic mass is 10.1. The lowest BCUT2D eigenvalue weighted by Crippen LogP contribution is -2.39. The highest BCUT2D eigenvalue weighted by Crippen LogP contribution is 2.22. The van der Waals surface area contributed by atoms with Gasteiger partial charge in [-0.3, -0.25) is 9.48 Å².